The van der Waals surface area contributed by atoms with Crippen LogP contribution >= 0.6 is 0 Å². The highest BCUT2D eigenvalue weighted by atomic mass is 16.5. The number of aromatic nitrogens is 2. The number of carbonyl (C=O) groups excluding carboxylic acids is 1. The second-order valence-electron chi connectivity index (χ2n) is 6.14. The fraction of sp³-hybridized carbons (Fsp3) is 0.238. The molecule has 0 saturated heterocycles. The van der Waals surface area contributed by atoms with E-state index in [4.69, 9.17) is 9.72 Å². The molecule has 1 heterocycles. The molecule has 0 bridgehead atoms. The van der Waals surface area contributed by atoms with Gasteiger partial charge in [-0.25, -0.2) is 4.98 Å². The quantitative estimate of drug-likeness (QED) is 0.701. The SMILES string of the molecule is COC(=O)CCc1c(C)c(C)cc2[nH]c(/C=C/c3ccccc3)nc12. The number of H-pyrrole nitrogens is 1. The third-order valence-corrected chi connectivity index (χ3v) is 4.48. The first-order valence-corrected chi connectivity index (χ1v) is 8.37. The molecule has 128 valence electrons. The van der Waals surface area contributed by atoms with E-state index >= 15 is 0 Å². The van der Waals surface area contributed by atoms with E-state index in [0.717, 1.165) is 28.0 Å². The lowest BCUT2D eigenvalue weighted by Gasteiger charge is -2.09. The summed E-state index contributed by atoms with van der Waals surface area (Å²) in [5.41, 5.74) is 6.53. The van der Waals surface area contributed by atoms with Gasteiger partial charge in [0.1, 0.15) is 5.82 Å². The molecule has 0 aliphatic carbocycles. The van der Waals surface area contributed by atoms with E-state index in [1.54, 1.807) is 0 Å². The molecule has 0 atom stereocenters. The molecule has 0 radical (unpaired) electrons. The van der Waals surface area contributed by atoms with Gasteiger partial charge >= 0.3 is 5.97 Å². The zero-order valence-electron chi connectivity index (χ0n) is 14.8. The van der Waals surface area contributed by atoms with Crippen LogP contribution in [-0.4, -0.2) is 23.0 Å². The van der Waals surface area contributed by atoms with Crippen molar-refractivity contribution in [1.29, 1.82) is 0 Å². The summed E-state index contributed by atoms with van der Waals surface area (Å²) in [7, 11) is 1.42. The zero-order chi connectivity index (χ0) is 17.8. The number of nitrogens with zero attached hydrogens (tertiary/aromatic N) is 1. The summed E-state index contributed by atoms with van der Waals surface area (Å²) >= 11 is 0. The lowest BCUT2D eigenvalue weighted by atomic mass is 9.98. The Morgan fingerprint density at radius 3 is 2.68 bits per heavy atom. The summed E-state index contributed by atoms with van der Waals surface area (Å²) in [6, 6.07) is 12.2. The number of ether oxygens (including phenoxy) is 1. The number of aryl methyl sites for hydroxylation is 2. The lowest BCUT2D eigenvalue weighted by Crippen LogP contribution is -2.04. The minimum Gasteiger partial charge on any atom is -0.469 e. The molecule has 2 aromatic carbocycles. The van der Waals surface area contributed by atoms with Crippen molar-refractivity contribution in [3.05, 3.63) is 64.5 Å². The first kappa shape index (κ1) is 17.0. The van der Waals surface area contributed by atoms with Crippen molar-refractivity contribution < 1.29 is 9.53 Å². The Balaban J connectivity index is 1.96. The third kappa shape index (κ3) is 3.79. The molecule has 4 nitrogen and oxygen atoms in total. The van der Waals surface area contributed by atoms with E-state index in [-0.39, 0.29) is 5.97 Å². The fourth-order valence-corrected chi connectivity index (χ4v) is 2.93. The Bertz CT molecular complexity index is 924. The van der Waals surface area contributed by atoms with Gasteiger partial charge in [0, 0.05) is 6.42 Å². The van der Waals surface area contributed by atoms with Gasteiger partial charge in [-0.05, 0) is 54.7 Å². The van der Waals surface area contributed by atoms with Gasteiger partial charge < -0.3 is 9.72 Å². The van der Waals surface area contributed by atoms with E-state index in [1.165, 1.54) is 18.2 Å². The maximum absolute atomic E-state index is 11.5. The van der Waals surface area contributed by atoms with Crippen LogP contribution in [0.25, 0.3) is 23.2 Å². The summed E-state index contributed by atoms with van der Waals surface area (Å²) in [5, 5.41) is 0. The maximum atomic E-state index is 11.5. The Morgan fingerprint density at radius 1 is 1.20 bits per heavy atom. The van der Waals surface area contributed by atoms with Gasteiger partial charge in [0.25, 0.3) is 0 Å². The average molecular weight is 334 g/mol. The molecule has 1 N–H and O–H groups in total. The largest absolute Gasteiger partial charge is 0.469 e. The molecule has 0 saturated carbocycles. The number of rotatable bonds is 5. The van der Waals surface area contributed by atoms with Crippen LogP contribution in [0.3, 0.4) is 0 Å². The zero-order valence-corrected chi connectivity index (χ0v) is 14.8. The molecule has 3 rings (SSSR count). The maximum Gasteiger partial charge on any atom is 0.305 e. The van der Waals surface area contributed by atoms with Crippen molar-refractivity contribution >= 4 is 29.2 Å². The number of carbonyl (C=O) groups is 1. The normalized spacial score (nSPS) is 11.3. The Kier molecular flexibility index (Phi) is 4.98. The predicted molar refractivity (Wildman–Crippen MR) is 101 cm³/mol. The van der Waals surface area contributed by atoms with Crippen molar-refractivity contribution in [2.45, 2.75) is 26.7 Å². The van der Waals surface area contributed by atoms with Gasteiger partial charge in [0.05, 0.1) is 18.1 Å². The molecule has 0 aliphatic rings. The smallest absolute Gasteiger partial charge is 0.305 e. The van der Waals surface area contributed by atoms with Gasteiger partial charge in [-0.3, -0.25) is 4.79 Å². The Morgan fingerprint density at radius 2 is 1.96 bits per heavy atom. The second kappa shape index (κ2) is 7.34. The lowest BCUT2D eigenvalue weighted by molar-refractivity contribution is -0.140. The van der Waals surface area contributed by atoms with Crippen molar-refractivity contribution in [1.82, 2.24) is 9.97 Å². The van der Waals surface area contributed by atoms with Crippen LogP contribution in [0.2, 0.25) is 0 Å². The number of fused-ring (bicyclic) bond motifs is 1. The molecule has 0 fully saturated rings. The highest BCUT2D eigenvalue weighted by Gasteiger charge is 2.13. The van der Waals surface area contributed by atoms with Crippen molar-refractivity contribution in [3.8, 4) is 0 Å². The summed E-state index contributed by atoms with van der Waals surface area (Å²) in [5.74, 6) is 0.608. The fourth-order valence-electron chi connectivity index (χ4n) is 2.93. The third-order valence-electron chi connectivity index (χ3n) is 4.48. The Hall–Kier alpha value is -2.88. The number of aromatic amines is 1. The highest BCUT2D eigenvalue weighted by molar-refractivity contribution is 5.84. The summed E-state index contributed by atoms with van der Waals surface area (Å²) in [4.78, 5) is 19.6. The van der Waals surface area contributed by atoms with Crippen LogP contribution in [0.1, 0.15) is 34.5 Å². The van der Waals surface area contributed by atoms with Crippen molar-refractivity contribution in [3.63, 3.8) is 0 Å². The molecule has 4 heteroatoms. The number of benzene rings is 2. The minimum atomic E-state index is -0.200. The van der Waals surface area contributed by atoms with Crippen LogP contribution < -0.4 is 0 Å². The van der Waals surface area contributed by atoms with Gasteiger partial charge in [-0.15, -0.1) is 0 Å². The first-order chi connectivity index (χ1) is 12.1. The molecular weight excluding hydrogens is 312 g/mol. The standard InChI is InChI=1S/C21H22N2O2/c1-14-13-18-21(17(15(14)2)10-12-20(24)25-3)23-19(22-18)11-9-16-7-5-4-6-8-16/h4-9,11,13H,10,12H2,1-3H3,(H,22,23)/b11-9+. The molecule has 0 aliphatic heterocycles. The molecule has 0 unspecified atom stereocenters. The van der Waals surface area contributed by atoms with E-state index in [2.05, 4.69) is 37.0 Å². The molecule has 0 spiro atoms. The van der Waals surface area contributed by atoms with Crippen LogP contribution in [-0.2, 0) is 16.0 Å². The Labute approximate surface area is 147 Å². The summed E-state index contributed by atoms with van der Waals surface area (Å²) in [6.45, 7) is 4.16. The van der Waals surface area contributed by atoms with Gasteiger partial charge in [-0.2, -0.15) is 0 Å². The van der Waals surface area contributed by atoms with E-state index in [0.29, 0.717) is 12.8 Å². The number of hydrogen-bond donors (Lipinski definition) is 1. The number of nitrogens with one attached hydrogen (secondary N) is 1. The van der Waals surface area contributed by atoms with Crippen LogP contribution in [0, 0.1) is 13.8 Å². The number of hydrogen-bond acceptors (Lipinski definition) is 3. The second-order valence-corrected chi connectivity index (χ2v) is 6.14. The van der Waals surface area contributed by atoms with Crippen molar-refractivity contribution in [2.75, 3.05) is 7.11 Å². The van der Waals surface area contributed by atoms with Crippen LogP contribution in [0.5, 0.6) is 0 Å². The van der Waals surface area contributed by atoms with Gasteiger partial charge in [-0.1, -0.05) is 36.4 Å². The monoisotopic (exact) mass is 334 g/mol. The number of methoxy groups -OCH3 is 1. The highest BCUT2D eigenvalue weighted by Crippen LogP contribution is 2.25. The van der Waals surface area contributed by atoms with E-state index in [9.17, 15) is 4.79 Å². The molecule has 25 heavy (non-hydrogen) atoms. The van der Waals surface area contributed by atoms with Gasteiger partial charge in [0.15, 0.2) is 0 Å². The number of imidazole rings is 1. The minimum absolute atomic E-state index is 0.200. The summed E-state index contributed by atoms with van der Waals surface area (Å²) < 4.78 is 4.77. The molecular formula is C21H22N2O2. The molecule has 0 amide bonds. The topological polar surface area (TPSA) is 55.0 Å². The van der Waals surface area contributed by atoms with Crippen LogP contribution in [0.4, 0.5) is 0 Å². The van der Waals surface area contributed by atoms with Gasteiger partial charge in [0.2, 0.25) is 0 Å². The first-order valence-electron chi connectivity index (χ1n) is 8.37. The van der Waals surface area contributed by atoms with E-state index in [1.807, 2.05) is 30.4 Å². The molecule has 1 aromatic heterocycles. The number of esters is 1. The van der Waals surface area contributed by atoms with E-state index < -0.39 is 0 Å². The summed E-state index contributed by atoms with van der Waals surface area (Å²) in [6.07, 6.45) is 5.00. The average Bonchev–Trinajstić information content (AvgIpc) is 3.03. The molecule has 3 aromatic rings. The van der Waals surface area contributed by atoms with Crippen molar-refractivity contribution in [2.24, 2.45) is 0 Å². The predicted octanol–water partition coefficient (Wildman–Crippen LogP) is 4.46. The van der Waals surface area contributed by atoms with Crippen LogP contribution in [0.15, 0.2) is 36.4 Å².